The van der Waals surface area contributed by atoms with Crippen LogP contribution in [0.3, 0.4) is 0 Å². The average Bonchev–Trinajstić information content (AvgIpc) is 2.58. The summed E-state index contributed by atoms with van der Waals surface area (Å²) in [7, 11) is 0. The maximum absolute atomic E-state index is 11.9. The summed E-state index contributed by atoms with van der Waals surface area (Å²) in [5, 5.41) is 3.50. The third-order valence-corrected chi connectivity index (χ3v) is 3.43. The van der Waals surface area contributed by atoms with Gasteiger partial charge in [0.25, 0.3) is 0 Å². The van der Waals surface area contributed by atoms with Crippen molar-refractivity contribution in [1.29, 1.82) is 0 Å². The first-order chi connectivity index (χ1) is 7.65. The highest BCUT2D eigenvalue weighted by molar-refractivity contribution is 5.77. The highest BCUT2D eigenvalue weighted by Crippen LogP contribution is 2.21. The van der Waals surface area contributed by atoms with Gasteiger partial charge in [-0.05, 0) is 39.2 Å². The molecular weight excluding hydrogens is 204 g/mol. The summed E-state index contributed by atoms with van der Waals surface area (Å²) in [6, 6.07) is 0.502. The number of carbonyl (C=O) groups is 1. The molecule has 4 heteroatoms. The maximum atomic E-state index is 11.9. The van der Waals surface area contributed by atoms with E-state index in [1.54, 1.807) is 0 Å². The van der Waals surface area contributed by atoms with E-state index < -0.39 is 0 Å². The molecule has 4 nitrogen and oxygen atoms in total. The SMILES string of the molecule is CC(C)OCC(=O)N1C[C@H]2CC[C@@H](C1)NC2. The largest absolute Gasteiger partial charge is 0.369 e. The van der Waals surface area contributed by atoms with Crippen LogP contribution in [0, 0.1) is 5.92 Å². The number of nitrogens with one attached hydrogen (secondary N) is 1. The van der Waals surface area contributed by atoms with Crippen LogP contribution >= 0.6 is 0 Å². The average molecular weight is 226 g/mol. The second kappa shape index (κ2) is 5.15. The number of rotatable bonds is 3. The predicted octanol–water partition coefficient (Wildman–Crippen LogP) is 0.622. The molecule has 3 rings (SSSR count). The number of hydrogen-bond acceptors (Lipinski definition) is 3. The molecule has 16 heavy (non-hydrogen) atoms. The lowest BCUT2D eigenvalue weighted by Gasteiger charge is -2.23. The number of fused-ring (bicyclic) bond motifs is 4. The van der Waals surface area contributed by atoms with E-state index >= 15 is 0 Å². The number of hydrogen-bond donors (Lipinski definition) is 1. The van der Waals surface area contributed by atoms with Gasteiger partial charge < -0.3 is 15.0 Å². The maximum Gasteiger partial charge on any atom is 0.248 e. The summed E-state index contributed by atoms with van der Waals surface area (Å²) < 4.78 is 5.38. The summed E-state index contributed by atoms with van der Waals surface area (Å²) in [5.74, 6) is 0.788. The highest BCUT2D eigenvalue weighted by Gasteiger charge is 2.31. The first-order valence-corrected chi connectivity index (χ1v) is 6.28. The Morgan fingerprint density at radius 2 is 2.25 bits per heavy atom. The zero-order chi connectivity index (χ0) is 11.5. The molecule has 3 aliphatic rings. The van der Waals surface area contributed by atoms with E-state index in [1.807, 2.05) is 18.7 Å². The molecule has 3 heterocycles. The number of piperidine rings is 1. The van der Waals surface area contributed by atoms with E-state index in [9.17, 15) is 4.79 Å². The van der Waals surface area contributed by atoms with E-state index in [4.69, 9.17) is 4.74 Å². The molecule has 1 N–H and O–H groups in total. The molecule has 1 amide bonds. The molecule has 0 radical (unpaired) electrons. The number of ether oxygens (including phenoxy) is 1. The quantitative estimate of drug-likeness (QED) is 0.767. The van der Waals surface area contributed by atoms with E-state index in [-0.39, 0.29) is 18.6 Å². The summed E-state index contributed by atoms with van der Waals surface area (Å²) in [4.78, 5) is 13.9. The zero-order valence-corrected chi connectivity index (χ0v) is 10.2. The minimum Gasteiger partial charge on any atom is -0.369 e. The third kappa shape index (κ3) is 2.95. The van der Waals surface area contributed by atoms with Crippen molar-refractivity contribution in [3.8, 4) is 0 Å². The summed E-state index contributed by atoms with van der Waals surface area (Å²) in [5.41, 5.74) is 0. The molecule has 3 aliphatic heterocycles. The fourth-order valence-electron chi connectivity index (χ4n) is 2.47. The van der Waals surface area contributed by atoms with Crippen molar-refractivity contribution < 1.29 is 9.53 Å². The fraction of sp³-hybridized carbons (Fsp3) is 0.917. The van der Waals surface area contributed by atoms with E-state index in [2.05, 4.69) is 5.32 Å². The number of nitrogens with zero attached hydrogens (tertiary/aromatic N) is 1. The summed E-state index contributed by atoms with van der Waals surface area (Å²) >= 11 is 0. The monoisotopic (exact) mass is 226 g/mol. The second-order valence-electron chi connectivity index (χ2n) is 5.21. The molecule has 0 spiro atoms. The summed E-state index contributed by atoms with van der Waals surface area (Å²) in [6.45, 7) is 6.99. The molecule has 0 aliphatic carbocycles. The van der Waals surface area contributed by atoms with Crippen LogP contribution in [-0.4, -0.2) is 49.2 Å². The van der Waals surface area contributed by atoms with Gasteiger partial charge in [0.05, 0.1) is 6.10 Å². The lowest BCUT2D eigenvalue weighted by atomic mass is 9.97. The molecule has 3 saturated heterocycles. The normalized spacial score (nSPS) is 29.6. The lowest BCUT2D eigenvalue weighted by molar-refractivity contribution is -0.137. The van der Waals surface area contributed by atoms with Gasteiger partial charge in [0.15, 0.2) is 0 Å². The second-order valence-corrected chi connectivity index (χ2v) is 5.21. The van der Waals surface area contributed by atoms with Gasteiger partial charge in [-0.3, -0.25) is 4.79 Å². The van der Waals surface area contributed by atoms with Crippen LogP contribution in [0.5, 0.6) is 0 Å². The van der Waals surface area contributed by atoms with Crippen LogP contribution < -0.4 is 5.32 Å². The zero-order valence-electron chi connectivity index (χ0n) is 10.2. The minimum atomic E-state index is 0.130. The lowest BCUT2D eigenvalue weighted by Crippen LogP contribution is -2.41. The molecule has 0 aromatic rings. The topological polar surface area (TPSA) is 41.6 Å². The molecule has 0 aromatic carbocycles. The van der Waals surface area contributed by atoms with Crippen molar-refractivity contribution in [3.63, 3.8) is 0 Å². The molecule has 92 valence electrons. The first-order valence-electron chi connectivity index (χ1n) is 6.28. The molecule has 0 saturated carbocycles. The molecule has 2 atom stereocenters. The fourth-order valence-corrected chi connectivity index (χ4v) is 2.47. The minimum absolute atomic E-state index is 0.130. The van der Waals surface area contributed by atoms with Gasteiger partial charge in [-0.2, -0.15) is 0 Å². The number of carbonyl (C=O) groups excluding carboxylic acids is 1. The van der Waals surface area contributed by atoms with Gasteiger partial charge in [-0.25, -0.2) is 0 Å². The van der Waals surface area contributed by atoms with E-state index in [0.717, 1.165) is 19.6 Å². The van der Waals surface area contributed by atoms with Crippen molar-refractivity contribution in [3.05, 3.63) is 0 Å². The van der Waals surface area contributed by atoms with Crippen LogP contribution in [0.4, 0.5) is 0 Å². The highest BCUT2D eigenvalue weighted by atomic mass is 16.5. The third-order valence-electron chi connectivity index (χ3n) is 3.43. The van der Waals surface area contributed by atoms with Crippen LogP contribution in [0.15, 0.2) is 0 Å². The van der Waals surface area contributed by atoms with E-state index in [1.165, 1.54) is 12.8 Å². The Hall–Kier alpha value is -0.610. The Labute approximate surface area is 97.3 Å². The summed E-state index contributed by atoms with van der Waals surface area (Å²) in [6.07, 6.45) is 2.59. The van der Waals surface area contributed by atoms with Gasteiger partial charge in [0.2, 0.25) is 5.91 Å². The van der Waals surface area contributed by atoms with Crippen LogP contribution in [0.2, 0.25) is 0 Å². The first kappa shape index (κ1) is 11.9. The van der Waals surface area contributed by atoms with Crippen molar-refractivity contribution in [2.75, 3.05) is 26.2 Å². The van der Waals surface area contributed by atoms with Crippen LogP contribution in [0.25, 0.3) is 0 Å². The van der Waals surface area contributed by atoms with Gasteiger partial charge >= 0.3 is 0 Å². The predicted molar refractivity (Wildman–Crippen MR) is 62.2 cm³/mol. The van der Waals surface area contributed by atoms with Gasteiger partial charge in [-0.1, -0.05) is 0 Å². The van der Waals surface area contributed by atoms with Gasteiger partial charge in [-0.15, -0.1) is 0 Å². The molecular formula is C12H22N2O2. The number of amides is 1. The Kier molecular flexibility index (Phi) is 3.82. The Balaban J connectivity index is 1.86. The molecule has 0 aromatic heterocycles. The van der Waals surface area contributed by atoms with Crippen molar-refractivity contribution >= 4 is 5.91 Å². The Bertz CT molecular complexity index is 233. The van der Waals surface area contributed by atoms with Crippen molar-refractivity contribution in [1.82, 2.24) is 10.2 Å². The van der Waals surface area contributed by atoms with E-state index in [0.29, 0.717) is 12.0 Å². The van der Waals surface area contributed by atoms with Crippen LogP contribution in [-0.2, 0) is 9.53 Å². The van der Waals surface area contributed by atoms with Crippen molar-refractivity contribution in [2.24, 2.45) is 5.92 Å². The molecule has 2 bridgehead atoms. The Morgan fingerprint density at radius 3 is 2.88 bits per heavy atom. The smallest absolute Gasteiger partial charge is 0.248 e. The molecule has 3 fully saturated rings. The molecule has 0 unspecified atom stereocenters. The van der Waals surface area contributed by atoms with Crippen molar-refractivity contribution in [2.45, 2.75) is 38.8 Å². The standard InChI is InChI=1S/C12H22N2O2/c1-9(2)16-8-12(15)14-6-10-3-4-11(7-14)13-5-10/h9-11,13H,3-8H2,1-2H3/t10-,11-/m0/s1. The van der Waals surface area contributed by atoms with Gasteiger partial charge in [0.1, 0.15) is 6.61 Å². The van der Waals surface area contributed by atoms with Crippen LogP contribution in [0.1, 0.15) is 26.7 Å². The van der Waals surface area contributed by atoms with Gasteiger partial charge in [0, 0.05) is 19.1 Å². The Morgan fingerprint density at radius 1 is 1.44 bits per heavy atom.